The number of piperazine rings is 1. The maximum absolute atomic E-state index is 13.1. The van der Waals surface area contributed by atoms with Crippen LogP contribution in [0.4, 0.5) is 0 Å². The van der Waals surface area contributed by atoms with E-state index in [2.05, 4.69) is 9.88 Å². The number of aryl methyl sites for hydroxylation is 1. The second-order valence-electron chi connectivity index (χ2n) is 7.31. The van der Waals surface area contributed by atoms with Crippen LogP contribution in [0.2, 0.25) is 0 Å². The van der Waals surface area contributed by atoms with Gasteiger partial charge in [-0.3, -0.25) is 9.47 Å². The van der Waals surface area contributed by atoms with Gasteiger partial charge in [0.25, 0.3) is 0 Å². The van der Waals surface area contributed by atoms with Crippen molar-refractivity contribution in [1.29, 1.82) is 0 Å². The van der Waals surface area contributed by atoms with Crippen LogP contribution < -0.4 is 5.76 Å². The van der Waals surface area contributed by atoms with Crippen LogP contribution in [0.25, 0.3) is 22.2 Å². The molecule has 1 fully saturated rings. The Morgan fingerprint density at radius 2 is 1.77 bits per heavy atom. The van der Waals surface area contributed by atoms with Crippen LogP contribution in [-0.2, 0) is 23.6 Å². The zero-order chi connectivity index (χ0) is 20.9. The van der Waals surface area contributed by atoms with Crippen LogP contribution in [0.1, 0.15) is 5.89 Å². The van der Waals surface area contributed by atoms with E-state index in [1.807, 2.05) is 24.3 Å². The summed E-state index contributed by atoms with van der Waals surface area (Å²) >= 11 is 0. The first-order valence-corrected chi connectivity index (χ1v) is 11.0. The Balaban J connectivity index is 1.30. The SMILES string of the molecule is Cn1c(=O)oc2cc(S(=O)(=O)N3CCN(Cc4nc5ccccc5o4)CC3)ccc21. The number of sulfonamides is 1. The molecule has 0 amide bonds. The standard InChI is InChI=1S/C20H20N4O5S/c1-22-16-7-6-14(12-18(16)29-20(22)25)30(26,27)24-10-8-23(9-11-24)13-19-21-15-4-2-3-5-17(15)28-19/h2-7,12H,8-11,13H2,1H3. The lowest BCUT2D eigenvalue weighted by Crippen LogP contribution is -2.48. The van der Waals surface area contributed by atoms with Gasteiger partial charge < -0.3 is 8.83 Å². The average Bonchev–Trinajstić information content (AvgIpc) is 3.28. The van der Waals surface area contributed by atoms with E-state index in [0.29, 0.717) is 44.1 Å². The van der Waals surface area contributed by atoms with Gasteiger partial charge in [-0.1, -0.05) is 12.1 Å². The molecule has 0 unspecified atom stereocenters. The van der Waals surface area contributed by atoms with Crippen molar-refractivity contribution in [2.45, 2.75) is 11.4 Å². The molecule has 2 aromatic carbocycles. The minimum Gasteiger partial charge on any atom is -0.439 e. The van der Waals surface area contributed by atoms with Crippen molar-refractivity contribution in [2.24, 2.45) is 7.05 Å². The second-order valence-corrected chi connectivity index (χ2v) is 9.25. The number of nitrogens with zero attached hydrogens (tertiary/aromatic N) is 4. The Morgan fingerprint density at radius 1 is 1.00 bits per heavy atom. The summed E-state index contributed by atoms with van der Waals surface area (Å²) in [6, 6.07) is 12.1. The van der Waals surface area contributed by atoms with E-state index in [1.54, 1.807) is 13.1 Å². The summed E-state index contributed by atoms with van der Waals surface area (Å²) in [5.41, 5.74) is 2.38. The predicted octanol–water partition coefficient (Wildman–Crippen LogP) is 1.78. The number of rotatable bonds is 4. The summed E-state index contributed by atoms with van der Waals surface area (Å²) in [7, 11) is -2.10. The third kappa shape index (κ3) is 3.22. The van der Waals surface area contributed by atoms with Gasteiger partial charge in [0, 0.05) is 39.3 Å². The quantitative estimate of drug-likeness (QED) is 0.488. The monoisotopic (exact) mass is 428 g/mol. The van der Waals surface area contributed by atoms with Crippen LogP contribution in [0.3, 0.4) is 0 Å². The normalized spacial score (nSPS) is 16.6. The van der Waals surface area contributed by atoms with E-state index < -0.39 is 15.8 Å². The molecule has 10 heteroatoms. The molecule has 0 saturated carbocycles. The molecule has 3 heterocycles. The molecule has 0 atom stereocenters. The first kappa shape index (κ1) is 19.0. The highest BCUT2D eigenvalue weighted by Gasteiger charge is 2.29. The van der Waals surface area contributed by atoms with Gasteiger partial charge in [0.05, 0.1) is 17.0 Å². The summed E-state index contributed by atoms with van der Waals surface area (Å²) in [6.07, 6.45) is 0. The predicted molar refractivity (Wildman–Crippen MR) is 109 cm³/mol. The fraction of sp³-hybridized carbons (Fsp3) is 0.300. The number of para-hydroxylation sites is 2. The van der Waals surface area contributed by atoms with Crippen molar-refractivity contribution in [2.75, 3.05) is 26.2 Å². The van der Waals surface area contributed by atoms with Crippen molar-refractivity contribution >= 4 is 32.2 Å². The van der Waals surface area contributed by atoms with Crippen LogP contribution >= 0.6 is 0 Å². The summed E-state index contributed by atoms with van der Waals surface area (Å²) in [5, 5.41) is 0. The largest absolute Gasteiger partial charge is 0.439 e. The van der Waals surface area contributed by atoms with E-state index in [4.69, 9.17) is 8.83 Å². The topological polar surface area (TPSA) is 102 Å². The van der Waals surface area contributed by atoms with Crippen LogP contribution in [0, 0.1) is 0 Å². The Labute approximate surface area is 172 Å². The smallest absolute Gasteiger partial charge is 0.419 e. The highest BCUT2D eigenvalue weighted by Crippen LogP contribution is 2.23. The average molecular weight is 428 g/mol. The van der Waals surface area contributed by atoms with Crippen molar-refractivity contribution in [3.05, 3.63) is 58.9 Å². The molecule has 1 aliphatic heterocycles. The molecule has 0 spiro atoms. The minimum atomic E-state index is -3.68. The molecule has 9 nitrogen and oxygen atoms in total. The second kappa shape index (κ2) is 7.08. The summed E-state index contributed by atoms with van der Waals surface area (Å²) in [6.45, 7) is 2.39. The van der Waals surface area contributed by atoms with Gasteiger partial charge in [-0.05, 0) is 24.3 Å². The minimum absolute atomic E-state index is 0.122. The first-order valence-electron chi connectivity index (χ1n) is 9.58. The Bertz CT molecular complexity index is 1360. The Hall–Kier alpha value is -2.95. The summed E-state index contributed by atoms with van der Waals surface area (Å²) in [5.74, 6) is 0.101. The van der Waals surface area contributed by atoms with E-state index in [-0.39, 0.29) is 10.5 Å². The molecule has 0 radical (unpaired) electrons. The van der Waals surface area contributed by atoms with Gasteiger partial charge in [0.2, 0.25) is 15.9 Å². The number of aromatic nitrogens is 2. The third-order valence-corrected chi connectivity index (χ3v) is 7.32. The van der Waals surface area contributed by atoms with Gasteiger partial charge in [-0.2, -0.15) is 4.31 Å². The number of fused-ring (bicyclic) bond motifs is 2. The molecular weight excluding hydrogens is 408 g/mol. The Kier molecular flexibility index (Phi) is 4.49. The molecule has 0 aliphatic carbocycles. The lowest BCUT2D eigenvalue weighted by Gasteiger charge is -2.33. The maximum Gasteiger partial charge on any atom is 0.419 e. The molecule has 0 N–H and O–H groups in total. The van der Waals surface area contributed by atoms with Gasteiger partial charge >= 0.3 is 5.76 Å². The van der Waals surface area contributed by atoms with E-state index >= 15 is 0 Å². The molecule has 5 rings (SSSR count). The summed E-state index contributed by atoms with van der Waals surface area (Å²) in [4.78, 5) is 18.4. The van der Waals surface area contributed by atoms with E-state index in [1.165, 1.54) is 21.0 Å². The Morgan fingerprint density at radius 3 is 2.53 bits per heavy atom. The van der Waals surface area contributed by atoms with Gasteiger partial charge in [-0.25, -0.2) is 18.2 Å². The molecule has 156 valence electrons. The van der Waals surface area contributed by atoms with E-state index in [0.717, 1.165) is 11.1 Å². The number of hydrogen-bond donors (Lipinski definition) is 0. The van der Waals surface area contributed by atoms with E-state index in [9.17, 15) is 13.2 Å². The van der Waals surface area contributed by atoms with Crippen molar-refractivity contribution in [3.8, 4) is 0 Å². The van der Waals surface area contributed by atoms with Gasteiger partial charge in [0.15, 0.2) is 11.2 Å². The fourth-order valence-corrected chi connectivity index (χ4v) is 5.17. The highest BCUT2D eigenvalue weighted by molar-refractivity contribution is 7.89. The molecule has 30 heavy (non-hydrogen) atoms. The van der Waals surface area contributed by atoms with Gasteiger partial charge in [-0.15, -0.1) is 0 Å². The van der Waals surface area contributed by atoms with Crippen LogP contribution in [0.5, 0.6) is 0 Å². The molecule has 4 aromatic rings. The van der Waals surface area contributed by atoms with Gasteiger partial charge in [0.1, 0.15) is 5.52 Å². The zero-order valence-electron chi connectivity index (χ0n) is 16.3. The molecule has 1 aliphatic rings. The lowest BCUT2D eigenvalue weighted by molar-refractivity contribution is 0.169. The van der Waals surface area contributed by atoms with Crippen LogP contribution in [0.15, 0.2) is 61.0 Å². The first-order chi connectivity index (χ1) is 14.4. The van der Waals surface area contributed by atoms with Crippen LogP contribution in [-0.4, -0.2) is 53.4 Å². The van der Waals surface area contributed by atoms with Crippen molar-refractivity contribution in [1.82, 2.24) is 18.8 Å². The lowest BCUT2D eigenvalue weighted by atomic mass is 10.3. The van der Waals surface area contributed by atoms with Crippen molar-refractivity contribution in [3.63, 3.8) is 0 Å². The molecule has 1 saturated heterocycles. The highest BCUT2D eigenvalue weighted by atomic mass is 32.2. The number of hydrogen-bond acceptors (Lipinski definition) is 7. The fourth-order valence-electron chi connectivity index (χ4n) is 3.73. The number of benzene rings is 2. The molecule has 0 bridgehead atoms. The van der Waals surface area contributed by atoms with Crippen molar-refractivity contribution < 1.29 is 17.3 Å². The summed E-state index contributed by atoms with van der Waals surface area (Å²) < 4.78 is 39.8. The molecular formula is C20H20N4O5S. The third-order valence-electron chi connectivity index (χ3n) is 5.43. The molecule has 2 aromatic heterocycles. The number of oxazole rings is 2. The maximum atomic E-state index is 13.1. The zero-order valence-corrected chi connectivity index (χ0v) is 17.1.